The van der Waals surface area contributed by atoms with E-state index in [2.05, 4.69) is 22.9 Å². The van der Waals surface area contributed by atoms with Gasteiger partial charge in [-0.1, -0.05) is 40.5 Å². The molecule has 0 bridgehead atoms. The van der Waals surface area contributed by atoms with Crippen LogP contribution < -0.4 is 0 Å². The molecule has 19 heavy (non-hydrogen) atoms. The van der Waals surface area contributed by atoms with Crippen LogP contribution in [-0.4, -0.2) is 30.6 Å². The number of hydrogen-bond donors (Lipinski definition) is 0. The van der Waals surface area contributed by atoms with Crippen molar-refractivity contribution in [3.8, 4) is 0 Å². The minimum absolute atomic E-state index is 0.406. The first kappa shape index (κ1) is 15.0. The number of benzene rings is 1. The van der Waals surface area contributed by atoms with E-state index in [9.17, 15) is 8.42 Å². The van der Waals surface area contributed by atoms with Crippen LogP contribution in [0.5, 0.6) is 0 Å². The van der Waals surface area contributed by atoms with Gasteiger partial charge in [-0.2, -0.15) is 4.31 Å². The third kappa shape index (κ3) is 3.38. The van der Waals surface area contributed by atoms with Gasteiger partial charge >= 0.3 is 0 Å². The highest BCUT2D eigenvalue weighted by atomic mass is 79.9. The SMILES string of the molecule is Cc1ccc(S(=O)(=O)N2CCC(C(C)Br)CC2)cc1. The van der Waals surface area contributed by atoms with Crippen LogP contribution >= 0.6 is 15.9 Å². The zero-order valence-electron chi connectivity index (χ0n) is 11.3. The van der Waals surface area contributed by atoms with Crippen LogP contribution in [0, 0.1) is 12.8 Å². The van der Waals surface area contributed by atoms with Gasteiger partial charge in [-0.25, -0.2) is 8.42 Å². The fraction of sp³-hybridized carbons (Fsp3) is 0.571. The Kier molecular flexibility index (Phi) is 4.69. The standard InChI is InChI=1S/C14H20BrNO2S/c1-11-3-5-14(6-4-11)19(17,18)16-9-7-13(8-10-16)12(2)15/h3-6,12-13H,7-10H2,1-2H3. The highest BCUT2D eigenvalue weighted by molar-refractivity contribution is 9.09. The van der Waals surface area contributed by atoms with Gasteiger partial charge in [0.05, 0.1) is 4.90 Å². The molecule has 1 aliphatic rings. The van der Waals surface area contributed by atoms with Crippen LogP contribution in [-0.2, 0) is 10.0 Å². The molecule has 1 aliphatic heterocycles. The predicted octanol–water partition coefficient (Wildman–Crippen LogP) is 3.18. The highest BCUT2D eigenvalue weighted by Gasteiger charge is 2.30. The second kappa shape index (κ2) is 5.94. The lowest BCUT2D eigenvalue weighted by molar-refractivity contribution is 0.275. The van der Waals surface area contributed by atoms with Gasteiger partial charge in [0, 0.05) is 17.9 Å². The fourth-order valence-electron chi connectivity index (χ4n) is 2.43. The van der Waals surface area contributed by atoms with Crippen LogP contribution in [0.2, 0.25) is 0 Å². The van der Waals surface area contributed by atoms with Crippen molar-refractivity contribution < 1.29 is 8.42 Å². The Morgan fingerprint density at radius 3 is 2.21 bits per heavy atom. The van der Waals surface area contributed by atoms with E-state index in [1.54, 1.807) is 16.4 Å². The fourth-order valence-corrected chi connectivity index (χ4v) is 4.43. The van der Waals surface area contributed by atoms with E-state index in [1.807, 2.05) is 19.1 Å². The van der Waals surface area contributed by atoms with Gasteiger partial charge in [0.25, 0.3) is 0 Å². The Morgan fingerprint density at radius 2 is 1.74 bits per heavy atom. The lowest BCUT2D eigenvalue weighted by Crippen LogP contribution is -2.39. The molecule has 0 saturated carbocycles. The monoisotopic (exact) mass is 345 g/mol. The molecule has 1 unspecified atom stereocenters. The maximum Gasteiger partial charge on any atom is 0.243 e. The smallest absolute Gasteiger partial charge is 0.207 e. The lowest BCUT2D eigenvalue weighted by atomic mass is 9.96. The molecule has 1 fully saturated rings. The van der Waals surface area contributed by atoms with Crippen molar-refractivity contribution in [1.29, 1.82) is 0 Å². The van der Waals surface area contributed by atoms with Gasteiger partial charge in [-0.15, -0.1) is 0 Å². The Hall–Kier alpha value is -0.390. The molecule has 1 atom stereocenters. The van der Waals surface area contributed by atoms with Crippen molar-refractivity contribution in [1.82, 2.24) is 4.31 Å². The molecule has 0 aliphatic carbocycles. The van der Waals surface area contributed by atoms with E-state index in [0.717, 1.165) is 18.4 Å². The first-order valence-corrected chi connectivity index (χ1v) is 8.97. The molecule has 3 nitrogen and oxygen atoms in total. The molecule has 0 N–H and O–H groups in total. The molecule has 0 radical (unpaired) electrons. The number of nitrogens with zero attached hydrogens (tertiary/aromatic N) is 1. The third-order valence-electron chi connectivity index (χ3n) is 3.81. The Bertz CT molecular complexity index is 517. The van der Waals surface area contributed by atoms with Gasteiger partial charge in [-0.05, 0) is 37.8 Å². The minimum atomic E-state index is -3.31. The number of rotatable bonds is 3. The zero-order chi connectivity index (χ0) is 14.0. The second-order valence-electron chi connectivity index (χ2n) is 5.23. The summed E-state index contributed by atoms with van der Waals surface area (Å²) in [7, 11) is -3.31. The number of aryl methyl sites for hydroxylation is 1. The molecular weight excluding hydrogens is 326 g/mol. The normalized spacial score (nSPS) is 20.4. The third-order valence-corrected chi connectivity index (χ3v) is 6.47. The van der Waals surface area contributed by atoms with Gasteiger partial charge in [-0.3, -0.25) is 0 Å². The number of hydrogen-bond acceptors (Lipinski definition) is 2. The summed E-state index contributed by atoms with van der Waals surface area (Å²) in [6.07, 6.45) is 1.86. The molecule has 1 heterocycles. The van der Waals surface area contributed by atoms with Crippen molar-refractivity contribution in [2.75, 3.05) is 13.1 Å². The van der Waals surface area contributed by atoms with Crippen molar-refractivity contribution in [2.24, 2.45) is 5.92 Å². The lowest BCUT2D eigenvalue weighted by Gasteiger charge is -2.32. The summed E-state index contributed by atoms with van der Waals surface area (Å²) in [4.78, 5) is 0.861. The van der Waals surface area contributed by atoms with Gasteiger partial charge < -0.3 is 0 Å². The molecule has 0 spiro atoms. The minimum Gasteiger partial charge on any atom is -0.207 e. The second-order valence-corrected chi connectivity index (χ2v) is 8.61. The summed E-state index contributed by atoms with van der Waals surface area (Å²) in [6.45, 7) is 5.34. The van der Waals surface area contributed by atoms with E-state index >= 15 is 0 Å². The number of halogens is 1. The Balaban J connectivity index is 2.12. The molecule has 2 rings (SSSR count). The largest absolute Gasteiger partial charge is 0.243 e. The molecule has 1 aromatic carbocycles. The van der Waals surface area contributed by atoms with E-state index in [1.165, 1.54) is 0 Å². The first-order valence-electron chi connectivity index (χ1n) is 6.62. The molecule has 0 aromatic heterocycles. The first-order chi connectivity index (χ1) is 8.91. The van der Waals surface area contributed by atoms with Crippen LogP contribution in [0.1, 0.15) is 25.3 Å². The summed E-state index contributed by atoms with van der Waals surface area (Å²) in [5, 5.41) is 0. The summed E-state index contributed by atoms with van der Waals surface area (Å²) >= 11 is 3.59. The molecule has 5 heteroatoms. The van der Waals surface area contributed by atoms with Crippen LogP contribution in [0.3, 0.4) is 0 Å². The number of piperidine rings is 1. The number of sulfonamides is 1. The van der Waals surface area contributed by atoms with Crippen molar-refractivity contribution in [3.63, 3.8) is 0 Å². The van der Waals surface area contributed by atoms with Crippen LogP contribution in [0.15, 0.2) is 29.2 Å². The highest BCUT2D eigenvalue weighted by Crippen LogP contribution is 2.28. The van der Waals surface area contributed by atoms with Gasteiger partial charge in [0.2, 0.25) is 10.0 Å². The number of alkyl halides is 1. The average molecular weight is 346 g/mol. The van der Waals surface area contributed by atoms with Crippen LogP contribution in [0.25, 0.3) is 0 Å². The Labute approximate surface area is 124 Å². The Morgan fingerprint density at radius 1 is 1.21 bits per heavy atom. The van der Waals surface area contributed by atoms with E-state index < -0.39 is 10.0 Å². The molecule has 1 aromatic rings. The zero-order valence-corrected chi connectivity index (χ0v) is 13.7. The maximum atomic E-state index is 12.5. The van der Waals surface area contributed by atoms with Crippen molar-refractivity contribution in [3.05, 3.63) is 29.8 Å². The summed E-state index contributed by atoms with van der Waals surface area (Å²) in [5.41, 5.74) is 1.07. The summed E-state index contributed by atoms with van der Waals surface area (Å²) < 4.78 is 26.6. The quantitative estimate of drug-likeness (QED) is 0.789. The topological polar surface area (TPSA) is 37.4 Å². The average Bonchev–Trinajstić information content (AvgIpc) is 2.39. The molecule has 106 valence electrons. The van der Waals surface area contributed by atoms with Crippen molar-refractivity contribution in [2.45, 2.75) is 36.4 Å². The maximum absolute atomic E-state index is 12.5. The van der Waals surface area contributed by atoms with E-state index in [0.29, 0.717) is 28.7 Å². The summed E-state index contributed by atoms with van der Waals surface area (Å²) in [5.74, 6) is 0.574. The van der Waals surface area contributed by atoms with Crippen molar-refractivity contribution >= 4 is 26.0 Å². The van der Waals surface area contributed by atoms with E-state index in [4.69, 9.17) is 0 Å². The molecule has 0 amide bonds. The van der Waals surface area contributed by atoms with Gasteiger partial charge in [0.1, 0.15) is 0 Å². The summed E-state index contributed by atoms with van der Waals surface area (Å²) in [6, 6.07) is 7.09. The van der Waals surface area contributed by atoms with Crippen LogP contribution in [0.4, 0.5) is 0 Å². The van der Waals surface area contributed by atoms with Gasteiger partial charge in [0.15, 0.2) is 0 Å². The molecule has 1 saturated heterocycles. The van der Waals surface area contributed by atoms with E-state index in [-0.39, 0.29) is 0 Å². The predicted molar refractivity (Wildman–Crippen MR) is 81.1 cm³/mol. The molecular formula is C14H20BrNO2S.